The Kier molecular flexibility index (Phi) is 4.77. The van der Waals surface area contributed by atoms with Crippen LogP contribution >= 0.6 is 11.6 Å². The second kappa shape index (κ2) is 7.14. The summed E-state index contributed by atoms with van der Waals surface area (Å²) in [6, 6.07) is 14.6. The summed E-state index contributed by atoms with van der Waals surface area (Å²) in [5.74, 6) is 1.00. The van der Waals surface area contributed by atoms with E-state index >= 15 is 0 Å². The van der Waals surface area contributed by atoms with E-state index in [2.05, 4.69) is 20.5 Å². The van der Waals surface area contributed by atoms with E-state index in [0.717, 1.165) is 11.3 Å². The molecule has 0 radical (unpaired) electrons. The lowest BCUT2D eigenvalue weighted by Gasteiger charge is -2.07. The molecule has 0 bridgehead atoms. The fourth-order valence-electron chi connectivity index (χ4n) is 2.16. The Morgan fingerprint density at radius 2 is 1.88 bits per heavy atom. The summed E-state index contributed by atoms with van der Waals surface area (Å²) in [4.78, 5) is 14.9. The van der Waals surface area contributed by atoms with Crippen LogP contribution in [0.5, 0.6) is 5.75 Å². The minimum Gasteiger partial charge on any atom is -0.497 e. The predicted octanol–water partition coefficient (Wildman–Crippen LogP) is 3.16. The summed E-state index contributed by atoms with van der Waals surface area (Å²) in [5, 5.41) is 11.5. The van der Waals surface area contributed by atoms with Gasteiger partial charge in [-0.25, -0.2) is 0 Å². The van der Waals surface area contributed by atoms with Crippen LogP contribution in [-0.2, 0) is 6.42 Å². The van der Waals surface area contributed by atoms with Gasteiger partial charge >= 0.3 is 0 Å². The Hall–Kier alpha value is -2.86. The molecule has 0 aliphatic heterocycles. The van der Waals surface area contributed by atoms with Gasteiger partial charge in [0.05, 0.1) is 17.8 Å². The lowest BCUT2D eigenvalue weighted by atomic mass is 10.1. The number of methoxy groups -OCH3 is 1. The molecule has 3 rings (SSSR count). The number of para-hydroxylation sites is 1. The van der Waals surface area contributed by atoms with Crippen LogP contribution in [0.4, 0.5) is 11.6 Å². The molecule has 0 spiro atoms. The first-order valence-electron chi connectivity index (χ1n) is 7.26. The number of nitrogens with one attached hydrogen (secondary N) is 2. The number of nitrogens with zero attached hydrogens (tertiary/aromatic N) is 2. The van der Waals surface area contributed by atoms with Crippen LogP contribution in [0.15, 0.2) is 53.3 Å². The summed E-state index contributed by atoms with van der Waals surface area (Å²) in [7, 11) is 1.61. The van der Waals surface area contributed by atoms with Gasteiger partial charge in [-0.3, -0.25) is 9.78 Å². The smallest absolute Gasteiger partial charge is 0.274 e. The summed E-state index contributed by atoms with van der Waals surface area (Å²) in [5.41, 5.74) is 1.63. The monoisotopic (exact) mass is 342 g/mol. The number of anilines is 2. The van der Waals surface area contributed by atoms with Crippen molar-refractivity contribution in [3.63, 3.8) is 0 Å². The number of benzene rings is 2. The zero-order chi connectivity index (χ0) is 16.9. The minimum atomic E-state index is -0.296. The molecule has 0 saturated heterocycles. The molecule has 0 saturated carbocycles. The Bertz CT molecular complexity index is 894. The van der Waals surface area contributed by atoms with E-state index in [1.807, 2.05) is 36.4 Å². The summed E-state index contributed by atoms with van der Waals surface area (Å²) in [6.45, 7) is 0. The zero-order valence-electron chi connectivity index (χ0n) is 12.9. The van der Waals surface area contributed by atoms with E-state index in [1.54, 1.807) is 19.2 Å². The molecular formula is C17H15ClN4O2. The molecule has 24 heavy (non-hydrogen) atoms. The first-order valence-corrected chi connectivity index (χ1v) is 7.64. The van der Waals surface area contributed by atoms with Crippen molar-refractivity contribution in [1.29, 1.82) is 0 Å². The molecule has 6 nitrogen and oxygen atoms in total. The van der Waals surface area contributed by atoms with Crippen LogP contribution in [0.2, 0.25) is 5.02 Å². The predicted molar refractivity (Wildman–Crippen MR) is 93.2 cm³/mol. The standard InChI is InChI=1S/C17H15ClN4O2/c1-24-12-8-6-11(7-9-12)10-15-16(23)20-17(22-21-15)19-14-5-3-2-4-13(14)18/h2-9H,10H2,1H3,(H2,19,20,22,23). The summed E-state index contributed by atoms with van der Waals surface area (Å²) in [6.07, 6.45) is 0.388. The first kappa shape index (κ1) is 16.0. The van der Waals surface area contributed by atoms with Crippen molar-refractivity contribution in [1.82, 2.24) is 15.2 Å². The summed E-state index contributed by atoms with van der Waals surface area (Å²) >= 11 is 6.06. The van der Waals surface area contributed by atoms with E-state index in [-0.39, 0.29) is 11.5 Å². The maximum absolute atomic E-state index is 12.2. The third kappa shape index (κ3) is 3.72. The van der Waals surface area contributed by atoms with Gasteiger partial charge in [0.15, 0.2) is 0 Å². The molecular weight excluding hydrogens is 328 g/mol. The van der Waals surface area contributed by atoms with Crippen molar-refractivity contribution < 1.29 is 4.74 Å². The second-order valence-corrected chi connectivity index (χ2v) is 5.49. The van der Waals surface area contributed by atoms with Gasteiger partial charge in [-0.05, 0) is 29.8 Å². The SMILES string of the molecule is COc1ccc(Cc2nnc(Nc3ccccc3Cl)[nH]c2=O)cc1. The molecule has 3 aromatic rings. The van der Waals surface area contributed by atoms with E-state index in [4.69, 9.17) is 16.3 Å². The molecule has 7 heteroatoms. The van der Waals surface area contributed by atoms with Crippen molar-refractivity contribution in [3.05, 3.63) is 75.2 Å². The maximum Gasteiger partial charge on any atom is 0.274 e. The van der Waals surface area contributed by atoms with Gasteiger partial charge in [-0.2, -0.15) is 0 Å². The van der Waals surface area contributed by atoms with Crippen molar-refractivity contribution in [2.45, 2.75) is 6.42 Å². The van der Waals surface area contributed by atoms with Crippen molar-refractivity contribution >= 4 is 23.2 Å². The molecule has 0 aliphatic rings. The molecule has 0 fully saturated rings. The number of rotatable bonds is 5. The van der Waals surface area contributed by atoms with Gasteiger partial charge in [0.25, 0.3) is 5.56 Å². The third-order valence-electron chi connectivity index (χ3n) is 3.42. The number of hydrogen-bond donors (Lipinski definition) is 2. The molecule has 0 aliphatic carbocycles. The fourth-order valence-corrected chi connectivity index (χ4v) is 2.34. The van der Waals surface area contributed by atoms with Gasteiger partial charge in [0.1, 0.15) is 11.4 Å². The van der Waals surface area contributed by atoms with Crippen molar-refractivity contribution in [2.24, 2.45) is 0 Å². The highest BCUT2D eigenvalue weighted by molar-refractivity contribution is 6.33. The van der Waals surface area contributed by atoms with Crippen LogP contribution in [0.1, 0.15) is 11.3 Å². The van der Waals surface area contributed by atoms with E-state index in [1.165, 1.54) is 0 Å². The van der Waals surface area contributed by atoms with Gasteiger partial charge in [0, 0.05) is 6.42 Å². The third-order valence-corrected chi connectivity index (χ3v) is 3.75. The number of H-pyrrole nitrogens is 1. The van der Waals surface area contributed by atoms with Crippen LogP contribution in [0, 0.1) is 0 Å². The quantitative estimate of drug-likeness (QED) is 0.744. The van der Waals surface area contributed by atoms with E-state index in [0.29, 0.717) is 22.8 Å². The molecule has 1 heterocycles. The van der Waals surface area contributed by atoms with Gasteiger partial charge in [-0.15, -0.1) is 10.2 Å². The molecule has 2 aromatic carbocycles. The molecule has 0 atom stereocenters. The maximum atomic E-state index is 12.2. The van der Waals surface area contributed by atoms with Gasteiger partial charge < -0.3 is 10.1 Å². The van der Waals surface area contributed by atoms with E-state index in [9.17, 15) is 4.79 Å². The zero-order valence-corrected chi connectivity index (χ0v) is 13.7. The van der Waals surface area contributed by atoms with Crippen molar-refractivity contribution in [2.75, 3.05) is 12.4 Å². The average Bonchev–Trinajstić information content (AvgIpc) is 2.60. The number of aromatic amines is 1. The lowest BCUT2D eigenvalue weighted by Crippen LogP contribution is -2.18. The highest BCUT2D eigenvalue weighted by Crippen LogP contribution is 2.22. The molecule has 1 aromatic heterocycles. The van der Waals surface area contributed by atoms with Gasteiger partial charge in [-0.1, -0.05) is 35.9 Å². The lowest BCUT2D eigenvalue weighted by molar-refractivity contribution is 0.414. The minimum absolute atomic E-state index is 0.242. The Morgan fingerprint density at radius 1 is 1.12 bits per heavy atom. The average molecular weight is 343 g/mol. The summed E-state index contributed by atoms with van der Waals surface area (Å²) < 4.78 is 5.11. The van der Waals surface area contributed by atoms with Crippen molar-refractivity contribution in [3.8, 4) is 5.75 Å². The number of halogens is 1. The normalized spacial score (nSPS) is 10.4. The van der Waals surface area contributed by atoms with Crippen LogP contribution < -0.4 is 15.6 Å². The van der Waals surface area contributed by atoms with Crippen LogP contribution in [-0.4, -0.2) is 22.3 Å². The topological polar surface area (TPSA) is 79.9 Å². The number of hydrogen-bond acceptors (Lipinski definition) is 5. The molecule has 0 amide bonds. The van der Waals surface area contributed by atoms with Crippen LogP contribution in [0.3, 0.4) is 0 Å². The molecule has 122 valence electrons. The highest BCUT2D eigenvalue weighted by atomic mass is 35.5. The molecule has 0 unspecified atom stereocenters. The Morgan fingerprint density at radius 3 is 2.54 bits per heavy atom. The number of aromatic nitrogens is 3. The fraction of sp³-hybridized carbons (Fsp3) is 0.118. The first-order chi connectivity index (χ1) is 11.7. The Balaban J connectivity index is 1.77. The Labute approximate surface area is 143 Å². The molecule has 2 N–H and O–H groups in total. The van der Waals surface area contributed by atoms with E-state index < -0.39 is 0 Å². The number of ether oxygens (including phenoxy) is 1. The van der Waals surface area contributed by atoms with Gasteiger partial charge in [0.2, 0.25) is 5.95 Å². The van der Waals surface area contributed by atoms with Crippen LogP contribution in [0.25, 0.3) is 0 Å². The largest absolute Gasteiger partial charge is 0.497 e. The second-order valence-electron chi connectivity index (χ2n) is 5.08. The highest BCUT2D eigenvalue weighted by Gasteiger charge is 2.07.